The van der Waals surface area contributed by atoms with E-state index < -0.39 is 11.9 Å². The maximum atomic E-state index is 13.4. The molecule has 0 spiro atoms. The molecule has 0 amide bonds. The Labute approximate surface area is 92.6 Å². The number of nitrogens with zero attached hydrogens (tertiary/aromatic N) is 2. The zero-order valence-corrected chi connectivity index (χ0v) is 8.76. The van der Waals surface area contributed by atoms with Gasteiger partial charge in [0, 0.05) is 24.2 Å². The highest BCUT2D eigenvalue weighted by atomic mass is 19.1. The summed E-state index contributed by atoms with van der Waals surface area (Å²) in [6.07, 6.45) is 4.78. The van der Waals surface area contributed by atoms with Crippen molar-refractivity contribution in [3.8, 4) is 0 Å². The Hall–Kier alpha value is -1.81. The van der Waals surface area contributed by atoms with E-state index in [2.05, 4.69) is 9.97 Å². The topological polar surface area (TPSA) is 46.0 Å². The Morgan fingerprint density at radius 3 is 2.38 bits per heavy atom. The van der Waals surface area contributed by atoms with E-state index in [1.54, 1.807) is 18.5 Å². The van der Waals surface area contributed by atoms with Crippen LogP contribution in [0, 0.1) is 12.7 Å². The number of rotatable bonds is 2. The molecule has 82 valence electrons. The third kappa shape index (κ3) is 1.92. The van der Waals surface area contributed by atoms with E-state index in [1.165, 1.54) is 12.3 Å². The van der Waals surface area contributed by atoms with Crippen LogP contribution in [0.5, 0.6) is 0 Å². The van der Waals surface area contributed by atoms with Gasteiger partial charge in [0.1, 0.15) is 11.9 Å². The fraction of sp³-hybridized carbons (Fsp3) is 0.167. The first-order valence-electron chi connectivity index (χ1n) is 4.88. The van der Waals surface area contributed by atoms with Gasteiger partial charge < -0.3 is 5.11 Å². The predicted octanol–water partition coefficient (Wildman–Crippen LogP) is 2.01. The van der Waals surface area contributed by atoms with E-state index in [4.69, 9.17) is 0 Å². The van der Waals surface area contributed by atoms with Gasteiger partial charge in [-0.1, -0.05) is 0 Å². The first kappa shape index (κ1) is 10.7. The third-order valence-corrected chi connectivity index (χ3v) is 2.46. The molecule has 0 saturated heterocycles. The lowest BCUT2D eigenvalue weighted by Gasteiger charge is -2.13. The standard InChI is InChI=1S/C12H11FN2O/c1-8-6-14-4-2-9(8)12(16)10-3-5-15-7-11(10)13/h2-7,12,16H,1H3. The molecule has 1 atom stereocenters. The number of pyridine rings is 2. The van der Waals surface area contributed by atoms with Gasteiger partial charge in [0.2, 0.25) is 0 Å². The molecule has 0 aliphatic rings. The molecule has 0 radical (unpaired) electrons. The molecule has 0 aromatic carbocycles. The molecule has 0 aliphatic carbocycles. The summed E-state index contributed by atoms with van der Waals surface area (Å²) in [4.78, 5) is 7.57. The van der Waals surface area contributed by atoms with Gasteiger partial charge in [-0.25, -0.2) is 4.39 Å². The fourth-order valence-electron chi connectivity index (χ4n) is 1.57. The van der Waals surface area contributed by atoms with Crippen molar-refractivity contribution in [3.05, 3.63) is 59.4 Å². The highest BCUT2D eigenvalue weighted by molar-refractivity contribution is 5.32. The number of aromatic nitrogens is 2. The van der Waals surface area contributed by atoms with Gasteiger partial charge in [0.05, 0.1) is 6.20 Å². The molecule has 0 fully saturated rings. The van der Waals surface area contributed by atoms with Crippen molar-refractivity contribution in [3.63, 3.8) is 0 Å². The highest BCUT2D eigenvalue weighted by Gasteiger charge is 2.16. The minimum Gasteiger partial charge on any atom is -0.384 e. The largest absolute Gasteiger partial charge is 0.384 e. The van der Waals surface area contributed by atoms with Gasteiger partial charge in [-0.2, -0.15) is 0 Å². The Kier molecular flexibility index (Phi) is 2.92. The number of aryl methyl sites for hydroxylation is 1. The summed E-state index contributed by atoms with van der Waals surface area (Å²) in [5, 5.41) is 10.1. The summed E-state index contributed by atoms with van der Waals surface area (Å²) in [7, 11) is 0. The lowest BCUT2D eigenvalue weighted by molar-refractivity contribution is 0.214. The zero-order chi connectivity index (χ0) is 11.5. The minimum absolute atomic E-state index is 0.226. The van der Waals surface area contributed by atoms with Crippen LogP contribution in [0.4, 0.5) is 4.39 Å². The molecule has 0 bridgehead atoms. The first-order chi connectivity index (χ1) is 7.70. The summed E-state index contributed by atoms with van der Waals surface area (Å²) in [5.41, 5.74) is 1.70. The van der Waals surface area contributed by atoms with Crippen molar-refractivity contribution in [1.29, 1.82) is 0 Å². The van der Waals surface area contributed by atoms with E-state index in [9.17, 15) is 9.50 Å². The minimum atomic E-state index is -0.981. The molecule has 2 rings (SSSR count). The molecular formula is C12H11FN2O. The second-order valence-electron chi connectivity index (χ2n) is 3.53. The summed E-state index contributed by atoms with van der Waals surface area (Å²) in [6.45, 7) is 1.82. The van der Waals surface area contributed by atoms with Crippen molar-refractivity contribution in [2.45, 2.75) is 13.0 Å². The van der Waals surface area contributed by atoms with E-state index in [0.717, 1.165) is 11.8 Å². The Morgan fingerprint density at radius 1 is 1.12 bits per heavy atom. The van der Waals surface area contributed by atoms with E-state index in [-0.39, 0.29) is 5.56 Å². The predicted molar refractivity (Wildman–Crippen MR) is 57.2 cm³/mol. The fourth-order valence-corrected chi connectivity index (χ4v) is 1.57. The first-order valence-corrected chi connectivity index (χ1v) is 4.88. The monoisotopic (exact) mass is 218 g/mol. The molecule has 3 nitrogen and oxygen atoms in total. The molecule has 0 aliphatic heterocycles. The second kappa shape index (κ2) is 4.37. The lowest BCUT2D eigenvalue weighted by Crippen LogP contribution is -2.05. The van der Waals surface area contributed by atoms with Crippen molar-refractivity contribution in [2.75, 3.05) is 0 Å². The van der Waals surface area contributed by atoms with Crippen LogP contribution in [-0.4, -0.2) is 15.1 Å². The second-order valence-corrected chi connectivity index (χ2v) is 3.53. The maximum Gasteiger partial charge on any atom is 0.147 e. The maximum absolute atomic E-state index is 13.4. The summed E-state index contributed by atoms with van der Waals surface area (Å²) < 4.78 is 13.4. The average Bonchev–Trinajstić information content (AvgIpc) is 2.29. The van der Waals surface area contributed by atoms with Crippen LogP contribution in [0.15, 0.2) is 36.9 Å². The van der Waals surface area contributed by atoms with Crippen molar-refractivity contribution in [1.82, 2.24) is 9.97 Å². The molecular weight excluding hydrogens is 207 g/mol. The van der Waals surface area contributed by atoms with Crippen LogP contribution in [0.3, 0.4) is 0 Å². The van der Waals surface area contributed by atoms with Crippen LogP contribution in [0.25, 0.3) is 0 Å². The molecule has 4 heteroatoms. The Balaban J connectivity index is 2.44. The summed E-state index contributed by atoms with van der Waals surface area (Å²) >= 11 is 0. The smallest absolute Gasteiger partial charge is 0.147 e. The van der Waals surface area contributed by atoms with Crippen LogP contribution in [0.1, 0.15) is 22.8 Å². The van der Waals surface area contributed by atoms with Gasteiger partial charge in [0.25, 0.3) is 0 Å². The lowest BCUT2D eigenvalue weighted by atomic mass is 10.00. The van der Waals surface area contributed by atoms with E-state index in [1.807, 2.05) is 6.92 Å². The molecule has 0 saturated carbocycles. The quantitative estimate of drug-likeness (QED) is 0.838. The SMILES string of the molecule is Cc1cnccc1C(O)c1ccncc1F. The van der Waals surface area contributed by atoms with Crippen LogP contribution >= 0.6 is 0 Å². The number of aliphatic hydroxyl groups is 1. The number of hydrogen-bond acceptors (Lipinski definition) is 3. The summed E-state index contributed by atoms with van der Waals surface area (Å²) in [6, 6.07) is 3.15. The Morgan fingerprint density at radius 2 is 1.75 bits per heavy atom. The zero-order valence-electron chi connectivity index (χ0n) is 8.76. The van der Waals surface area contributed by atoms with Gasteiger partial charge in [0.15, 0.2) is 0 Å². The average molecular weight is 218 g/mol. The number of halogens is 1. The van der Waals surface area contributed by atoms with Gasteiger partial charge in [-0.05, 0) is 30.2 Å². The van der Waals surface area contributed by atoms with E-state index >= 15 is 0 Å². The van der Waals surface area contributed by atoms with Gasteiger partial charge >= 0.3 is 0 Å². The Bertz CT molecular complexity index is 456. The van der Waals surface area contributed by atoms with Crippen molar-refractivity contribution < 1.29 is 9.50 Å². The molecule has 1 unspecified atom stereocenters. The number of hydrogen-bond donors (Lipinski definition) is 1. The molecule has 1 N–H and O–H groups in total. The van der Waals surface area contributed by atoms with Crippen LogP contribution in [0.2, 0.25) is 0 Å². The van der Waals surface area contributed by atoms with Crippen molar-refractivity contribution >= 4 is 0 Å². The molecule has 2 aromatic rings. The normalized spacial score (nSPS) is 12.4. The van der Waals surface area contributed by atoms with Crippen LogP contribution in [-0.2, 0) is 0 Å². The molecule has 2 aromatic heterocycles. The highest BCUT2D eigenvalue weighted by Crippen LogP contribution is 2.25. The summed E-state index contributed by atoms with van der Waals surface area (Å²) in [5.74, 6) is -0.508. The number of aliphatic hydroxyl groups excluding tert-OH is 1. The molecule has 16 heavy (non-hydrogen) atoms. The van der Waals surface area contributed by atoms with E-state index in [0.29, 0.717) is 5.56 Å². The third-order valence-electron chi connectivity index (χ3n) is 2.46. The van der Waals surface area contributed by atoms with Gasteiger partial charge in [-0.15, -0.1) is 0 Å². The van der Waals surface area contributed by atoms with Gasteiger partial charge in [-0.3, -0.25) is 9.97 Å². The van der Waals surface area contributed by atoms with Crippen LogP contribution < -0.4 is 0 Å². The molecule has 2 heterocycles. The van der Waals surface area contributed by atoms with Crippen molar-refractivity contribution in [2.24, 2.45) is 0 Å².